The van der Waals surface area contributed by atoms with E-state index in [1.807, 2.05) is 24.3 Å². The van der Waals surface area contributed by atoms with Crippen LogP contribution in [0.25, 0.3) is 0 Å². The number of hydrogen-bond donors (Lipinski definition) is 2. The van der Waals surface area contributed by atoms with Crippen molar-refractivity contribution in [1.29, 1.82) is 5.26 Å². The molecule has 20 heavy (non-hydrogen) atoms. The van der Waals surface area contributed by atoms with Crippen LogP contribution in [0.3, 0.4) is 0 Å². The van der Waals surface area contributed by atoms with Gasteiger partial charge in [-0.3, -0.25) is 0 Å². The second-order valence-corrected chi connectivity index (χ2v) is 5.06. The van der Waals surface area contributed by atoms with Gasteiger partial charge >= 0.3 is 0 Å². The smallest absolute Gasteiger partial charge is 0.160 e. The van der Waals surface area contributed by atoms with Gasteiger partial charge in [0, 0.05) is 10.2 Å². The highest BCUT2D eigenvalue weighted by Crippen LogP contribution is 2.30. The van der Waals surface area contributed by atoms with Gasteiger partial charge in [0.05, 0.1) is 13.2 Å². The molecule has 0 amide bonds. The highest BCUT2D eigenvalue weighted by Gasteiger charge is 2.13. The molecule has 0 radical (unpaired) electrons. The number of phenols is 1. The summed E-state index contributed by atoms with van der Waals surface area (Å²) in [4.78, 5) is 0. The standard InChI is InChI=1S/C15H13BrN2O2/c1-20-15-8-10(2-7-14(15)19)13(9-17)18-12-5-3-11(16)4-6-12/h2-8,13,18-19H,1H3. The van der Waals surface area contributed by atoms with E-state index in [1.54, 1.807) is 12.1 Å². The molecule has 0 aliphatic heterocycles. The topological polar surface area (TPSA) is 65.3 Å². The summed E-state index contributed by atoms with van der Waals surface area (Å²) in [6, 6.07) is 14.1. The van der Waals surface area contributed by atoms with Gasteiger partial charge in [-0.2, -0.15) is 5.26 Å². The van der Waals surface area contributed by atoms with E-state index in [1.165, 1.54) is 13.2 Å². The van der Waals surface area contributed by atoms with Gasteiger partial charge < -0.3 is 15.2 Å². The fourth-order valence-corrected chi connectivity index (χ4v) is 2.04. The van der Waals surface area contributed by atoms with Crippen molar-refractivity contribution in [2.45, 2.75) is 6.04 Å². The van der Waals surface area contributed by atoms with E-state index in [2.05, 4.69) is 27.3 Å². The second-order valence-electron chi connectivity index (χ2n) is 4.14. The first-order valence-corrected chi connectivity index (χ1v) is 6.72. The summed E-state index contributed by atoms with van der Waals surface area (Å²) in [5, 5.41) is 22.0. The van der Waals surface area contributed by atoms with Crippen LogP contribution in [0.2, 0.25) is 0 Å². The van der Waals surface area contributed by atoms with Crippen molar-refractivity contribution in [3.05, 3.63) is 52.5 Å². The summed E-state index contributed by atoms with van der Waals surface area (Å²) in [6.45, 7) is 0. The summed E-state index contributed by atoms with van der Waals surface area (Å²) in [5.41, 5.74) is 1.57. The molecular weight excluding hydrogens is 320 g/mol. The summed E-state index contributed by atoms with van der Waals surface area (Å²) < 4.78 is 6.03. The number of aromatic hydroxyl groups is 1. The minimum absolute atomic E-state index is 0.0524. The largest absolute Gasteiger partial charge is 0.504 e. The number of ether oxygens (including phenoxy) is 1. The maximum atomic E-state index is 9.58. The van der Waals surface area contributed by atoms with Gasteiger partial charge in [0.1, 0.15) is 6.04 Å². The molecule has 0 spiro atoms. The lowest BCUT2D eigenvalue weighted by Gasteiger charge is -2.14. The van der Waals surface area contributed by atoms with Crippen LogP contribution in [-0.4, -0.2) is 12.2 Å². The zero-order valence-corrected chi connectivity index (χ0v) is 12.4. The maximum Gasteiger partial charge on any atom is 0.160 e. The molecule has 102 valence electrons. The Morgan fingerprint density at radius 2 is 1.95 bits per heavy atom. The fraction of sp³-hybridized carbons (Fsp3) is 0.133. The Morgan fingerprint density at radius 1 is 1.25 bits per heavy atom. The van der Waals surface area contributed by atoms with Gasteiger partial charge in [-0.15, -0.1) is 0 Å². The van der Waals surface area contributed by atoms with E-state index >= 15 is 0 Å². The van der Waals surface area contributed by atoms with Crippen molar-refractivity contribution < 1.29 is 9.84 Å². The van der Waals surface area contributed by atoms with Crippen LogP contribution in [-0.2, 0) is 0 Å². The molecule has 1 unspecified atom stereocenters. The molecule has 0 aliphatic rings. The number of methoxy groups -OCH3 is 1. The van der Waals surface area contributed by atoms with Crippen LogP contribution in [0.5, 0.6) is 11.5 Å². The van der Waals surface area contributed by atoms with Crippen molar-refractivity contribution in [2.24, 2.45) is 0 Å². The third-order valence-corrected chi connectivity index (χ3v) is 3.35. The highest BCUT2D eigenvalue weighted by molar-refractivity contribution is 9.10. The molecule has 0 fully saturated rings. The monoisotopic (exact) mass is 332 g/mol. The molecule has 2 N–H and O–H groups in total. The molecule has 0 aromatic heterocycles. The van der Waals surface area contributed by atoms with Crippen molar-refractivity contribution in [3.8, 4) is 17.6 Å². The van der Waals surface area contributed by atoms with E-state index in [9.17, 15) is 10.4 Å². The lowest BCUT2D eigenvalue weighted by atomic mass is 10.1. The Balaban J connectivity index is 2.24. The highest BCUT2D eigenvalue weighted by atomic mass is 79.9. The predicted octanol–water partition coefficient (Wildman–Crippen LogP) is 3.84. The van der Waals surface area contributed by atoms with Gasteiger partial charge in [0.15, 0.2) is 11.5 Å². The number of anilines is 1. The van der Waals surface area contributed by atoms with Gasteiger partial charge in [-0.1, -0.05) is 22.0 Å². The number of phenolic OH excluding ortho intramolecular Hbond substituents is 1. The Hall–Kier alpha value is -2.19. The van der Waals surface area contributed by atoms with Crippen LogP contribution >= 0.6 is 15.9 Å². The summed E-state index contributed by atoms with van der Waals surface area (Å²) in [7, 11) is 1.47. The van der Waals surface area contributed by atoms with Crippen LogP contribution in [0.15, 0.2) is 46.9 Å². The average molecular weight is 333 g/mol. The number of benzene rings is 2. The van der Waals surface area contributed by atoms with Crippen LogP contribution in [0, 0.1) is 11.3 Å². The van der Waals surface area contributed by atoms with Crippen molar-refractivity contribution >= 4 is 21.6 Å². The molecule has 2 aromatic carbocycles. The van der Waals surface area contributed by atoms with Gasteiger partial charge in [-0.25, -0.2) is 0 Å². The Bertz CT molecular complexity index is 635. The number of nitrogens with zero attached hydrogens (tertiary/aromatic N) is 1. The lowest BCUT2D eigenvalue weighted by molar-refractivity contribution is 0.373. The van der Waals surface area contributed by atoms with Crippen molar-refractivity contribution in [3.63, 3.8) is 0 Å². The molecule has 0 saturated heterocycles. The second kappa shape index (κ2) is 6.31. The summed E-state index contributed by atoms with van der Waals surface area (Å²) in [6.07, 6.45) is 0. The Kier molecular flexibility index (Phi) is 4.49. The minimum atomic E-state index is -0.523. The molecule has 0 aliphatic carbocycles. The molecule has 5 heteroatoms. The molecule has 2 aromatic rings. The minimum Gasteiger partial charge on any atom is -0.504 e. The van der Waals surface area contributed by atoms with Crippen LogP contribution < -0.4 is 10.1 Å². The number of nitrogens with one attached hydrogen (secondary N) is 1. The zero-order chi connectivity index (χ0) is 14.5. The number of halogens is 1. The number of rotatable bonds is 4. The van der Waals surface area contributed by atoms with Gasteiger partial charge in [-0.05, 0) is 42.0 Å². The van der Waals surface area contributed by atoms with E-state index in [0.29, 0.717) is 5.75 Å². The number of hydrogen-bond acceptors (Lipinski definition) is 4. The molecule has 0 saturated carbocycles. The van der Waals surface area contributed by atoms with Crippen molar-refractivity contribution in [1.82, 2.24) is 0 Å². The average Bonchev–Trinajstić information content (AvgIpc) is 2.47. The molecule has 4 nitrogen and oxygen atoms in total. The Morgan fingerprint density at radius 3 is 2.55 bits per heavy atom. The third-order valence-electron chi connectivity index (χ3n) is 2.82. The Labute approximate surface area is 125 Å². The van der Waals surface area contributed by atoms with E-state index < -0.39 is 6.04 Å². The first kappa shape index (κ1) is 14.2. The van der Waals surface area contributed by atoms with Crippen molar-refractivity contribution in [2.75, 3.05) is 12.4 Å². The van der Waals surface area contributed by atoms with Gasteiger partial charge in [0.2, 0.25) is 0 Å². The normalized spacial score (nSPS) is 11.4. The van der Waals surface area contributed by atoms with Crippen LogP contribution in [0.4, 0.5) is 5.69 Å². The number of nitriles is 1. The molecule has 0 heterocycles. The van der Waals surface area contributed by atoms with E-state index in [4.69, 9.17) is 4.74 Å². The molecular formula is C15H13BrN2O2. The molecule has 2 rings (SSSR count). The zero-order valence-electron chi connectivity index (χ0n) is 10.8. The summed E-state index contributed by atoms with van der Waals surface area (Å²) in [5.74, 6) is 0.400. The quantitative estimate of drug-likeness (QED) is 0.892. The van der Waals surface area contributed by atoms with E-state index in [0.717, 1.165) is 15.7 Å². The molecule has 0 bridgehead atoms. The lowest BCUT2D eigenvalue weighted by Crippen LogP contribution is -2.08. The third kappa shape index (κ3) is 3.22. The van der Waals surface area contributed by atoms with E-state index in [-0.39, 0.29) is 5.75 Å². The van der Waals surface area contributed by atoms with Gasteiger partial charge in [0.25, 0.3) is 0 Å². The molecule has 1 atom stereocenters. The summed E-state index contributed by atoms with van der Waals surface area (Å²) >= 11 is 3.36. The first-order valence-electron chi connectivity index (χ1n) is 5.92. The fourth-order valence-electron chi connectivity index (χ4n) is 1.78. The first-order chi connectivity index (χ1) is 9.63. The van der Waals surface area contributed by atoms with Crippen LogP contribution in [0.1, 0.15) is 11.6 Å². The maximum absolute atomic E-state index is 9.58. The predicted molar refractivity (Wildman–Crippen MR) is 80.8 cm³/mol. The SMILES string of the molecule is COc1cc(C(C#N)Nc2ccc(Br)cc2)ccc1O.